The maximum atomic E-state index is 10.4. The second-order valence-electron chi connectivity index (χ2n) is 2.13. The molecule has 3 N–H and O–H groups in total. The van der Waals surface area contributed by atoms with E-state index in [-0.39, 0.29) is 11.4 Å². The number of nitro groups is 1. The van der Waals surface area contributed by atoms with E-state index in [2.05, 4.69) is 3.53 Å². The number of nitrogens with zero attached hydrogens (tertiary/aromatic N) is 1. The first kappa shape index (κ1) is 9.04. The van der Waals surface area contributed by atoms with Crippen LogP contribution in [-0.2, 0) is 0 Å². The van der Waals surface area contributed by atoms with Gasteiger partial charge in [-0.3, -0.25) is 10.1 Å². The summed E-state index contributed by atoms with van der Waals surface area (Å²) in [6, 6.07) is 4.57. The normalized spacial score (nSPS) is 9.42. The molecule has 0 saturated carbocycles. The van der Waals surface area contributed by atoms with E-state index in [4.69, 9.17) is 5.73 Å². The summed E-state index contributed by atoms with van der Waals surface area (Å²) >= 11 is 1.89. The maximum Gasteiger partial charge on any atom is 0.294 e. The summed E-state index contributed by atoms with van der Waals surface area (Å²) in [4.78, 5) is 9.88. The number of nitrogens with one attached hydrogen (secondary N) is 1. The fourth-order valence-corrected chi connectivity index (χ4v) is 1.10. The largest absolute Gasteiger partial charge is 0.393 e. The summed E-state index contributed by atoms with van der Waals surface area (Å²) in [5.74, 6) is 0. The molecule has 1 aromatic rings. The molecule has 1 rings (SSSR count). The second kappa shape index (κ2) is 3.57. The van der Waals surface area contributed by atoms with Gasteiger partial charge in [0.15, 0.2) is 0 Å². The molecule has 12 heavy (non-hydrogen) atoms. The molecule has 1 aromatic carbocycles. The Hall–Kier alpha value is -1.05. The van der Waals surface area contributed by atoms with Gasteiger partial charge in [-0.2, -0.15) is 0 Å². The molecule has 0 heterocycles. The minimum atomic E-state index is -0.507. The standard InChI is InChI=1S/C6H6IN3O2/c7-9-4-1-2-5(8)6(3-4)10(11)12/h1-3,9H,8H2. The van der Waals surface area contributed by atoms with Crippen molar-refractivity contribution in [3.63, 3.8) is 0 Å². The minimum absolute atomic E-state index is 0.0725. The zero-order valence-electron chi connectivity index (χ0n) is 5.95. The van der Waals surface area contributed by atoms with Crippen LogP contribution >= 0.6 is 22.9 Å². The van der Waals surface area contributed by atoms with E-state index in [1.165, 1.54) is 12.1 Å². The van der Waals surface area contributed by atoms with Crippen molar-refractivity contribution in [2.45, 2.75) is 0 Å². The summed E-state index contributed by atoms with van der Waals surface area (Å²) in [5.41, 5.74) is 6.14. The lowest BCUT2D eigenvalue weighted by Gasteiger charge is -1.99. The molecule has 0 fully saturated rings. The maximum absolute atomic E-state index is 10.4. The lowest BCUT2D eigenvalue weighted by Crippen LogP contribution is -1.95. The van der Waals surface area contributed by atoms with Crippen LogP contribution in [0.4, 0.5) is 17.1 Å². The first-order valence-corrected chi connectivity index (χ1v) is 4.13. The van der Waals surface area contributed by atoms with E-state index in [0.29, 0.717) is 5.69 Å². The number of nitro benzene ring substituents is 1. The van der Waals surface area contributed by atoms with E-state index in [1.54, 1.807) is 6.07 Å². The van der Waals surface area contributed by atoms with E-state index in [0.717, 1.165) is 0 Å². The Morgan fingerprint density at radius 2 is 2.25 bits per heavy atom. The number of halogens is 1. The van der Waals surface area contributed by atoms with Gasteiger partial charge in [-0.05, 0) is 12.1 Å². The van der Waals surface area contributed by atoms with Crippen LogP contribution in [-0.4, -0.2) is 4.92 Å². The Morgan fingerprint density at radius 3 is 2.75 bits per heavy atom. The van der Waals surface area contributed by atoms with Crippen LogP contribution in [0, 0.1) is 10.1 Å². The average Bonchev–Trinajstić information content (AvgIpc) is 2.05. The Labute approximate surface area is 82.6 Å². The van der Waals surface area contributed by atoms with Crippen LogP contribution in [0.15, 0.2) is 18.2 Å². The molecule has 0 aromatic heterocycles. The molecule has 0 bridgehead atoms. The molecule has 0 atom stereocenters. The highest BCUT2D eigenvalue weighted by Crippen LogP contribution is 2.25. The Balaban J connectivity index is 3.17. The second-order valence-corrected chi connectivity index (χ2v) is 2.66. The summed E-state index contributed by atoms with van der Waals surface area (Å²) < 4.78 is 2.76. The van der Waals surface area contributed by atoms with Crippen molar-refractivity contribution in [2.24, 2.45) is 0 Å². The third-order valence-corrected chi connectivity index (χ3v) is 1.96. The van der Waals surface area contributed by atoms with E-state index >= 15 is 0 Å². The number of benzene rings is 1. The molecule has 0 saturated heterocycles. The highest BCUT2D eigenvalue weighted by atomic mass is 127. The van der Waals surface area contributed by atoms with Crippen molar-refractivity contribution in [1.82, 2.24) is 0 Å². The minimum Gasteiger partial charge on any atom is -0.393 e. The van der Waals surface area contributed by atoms with Gasteiger partial charge in [0.25, 0.3) is 5.69 Å². The van der Waals surface area contributed by atoms with Crippen molar-refractivity contribution in [2.75, 3.05) is 9.26 Å². The smallest absolute Gasteiger partial charge is 0.294 e. The molecule has 0 aliphatic rings. The van der Waals surface area contributed by atoms with Crippen LogP contribution in [0.3, 0.4) is 0 Å². The third kappa shape index (κ3) is 1.76. The van der Waals surface area contributed by atoms with Crippen LogP contribution in [0.25, 0.3) is 0 Å². The van der Waals surface area contributed by atoms with Crippen molar-refractivity contribution < 1.29 is 4.92 Å². The molecule has 0 spiro atoms. The van der Waals surface area contributed by atoms with Crippen molar-refractivity contribution in [3.8, 4) is 0 Å². The summed E-state index contributed by atoms with van der Waals surface area (Å²) in [7, 11) is 0. The lowest BCUT2D eigenvalue weighted by molar-refractivity contribution is -0.383. The van der Waals surface area contributed by atoms with E-state index in [9.17, 15) is 10.1 Å². The van der Waals surface area contributed by atoms with Gasteiger partial charge in [0.1, 0.15) is 5.69 Å². The van der Waals surface area contributed by atoms with Crippen LogP contribution < -0.4 is 9.26 Å². The molecule has 5 nitrogen and oxygen atoms in total. The Bertz CT molecular complexity index is 316. The van der Waals surface area contributed by atoms with Gasteiger partial charge in [-0.1, -0.05) is 0 Å². The van der Waals surface area contributed by atoms with Crippen molar-refractivity contribution in [3.05, 3.63) is 28.3 Å². The zero-order chi connectivity index (χ0) is 9.14. The van der Waals surface area contributed by atoms with Gasteiger partial charge in [0.2, 0.25) is 0 Å². The first-order chi connectivity index (χ1) is 5.65. The number of rotatable bonds is 2. The zero-order valence-corrected chi connectivity index (χ0v) is 8.11. The Morgan fingerprint density at radius 1 is 1.58 bits per heavy atom. The summed E-state index contributed by atoms with van der Waals surface area (Å²) in [6.07, 6.45) is 0. The summed E-state index contributed by atoms with van der Waals surface area (Å²) in [6.45, 7) is 0. The predicted molar refractivity (Wildman–Crippen MR) is 55.2 cm³/mol. The fourth-order valence-electron chi connectivity index (χ4n) is 0.761. The molecule has 6 heteroatoms. The lowest BCUT2D eigenvalue weighted by atomic mass is 10.2. The van der Waals surface area contributed by atoms with Gasteiger partial charge >= 0.3 is 0 Å². The molecule has 0 aliphatic carbocycles. The van der Waals surface area contributed by atoms with E-state index < -0.39 is 4.92 Å². The molecule has 0 radical (unpaired) electrons. The number of nitrogens with two attached hydrogens (primary N) is 1. The quantitative estimate of drug-likeness (QED) is 0.285. The highest BCUT2D eigenvalue weighted by molar-refractivity contribution is 14.1. The van der Waals surface area contributed by atoms with Crippen molar-refractivity contribution in [1.29, 1.82) is 0 Å². The number of anilines is 2. The Kier molecular flexibility index (Phi) is 2.69. The number of hydrogen-bond acceptors (Lipinski definition) is 4. The number of hydrogen-bond donors (Lipinski definition) is 2. The molecule has 64 valence electrons. The van der Waals surface area contributed by atoms with E-state index in [1.807, 2.05) is 22.9 Å². The van der Waals surface area contributed by atoms with Crippen LogP contribution in [0.2, 0.25) is 0 Å². The van der Waals surface area contributed by atoms with Gasteiger partial charge in [-0.15, -0.1) is 0 Å². The SMILES string of the molecule is Nc1ccc(NI)cc1[N+](=O)[O-]. The molecule has 0 unspecified atom stereocenters. The van der Waals surface area contributed by atoms with Crippen molar-refractivity contribution >= 4 is 39.9 Å². The predicted octanol–water partition coefficient (Wildman–Crippen LogP) is 1.94. The highest BCUT2D eigenvalue weighted by Gasteiger charge is 2.10. The van der Waals surface area contributed by atoms with Gasteiger partial charge in [-0.25, -0.2) is 0 Å². The van der Waals surface area contributed by atoms with Crippen LogP contribution in [0.5, 0.6) is 0 Å². The van der Waals surface area contributed by atoms with Crippen LogP contribution in [0.1, 0.15) is 0 Å². The molecule has 0 amide bonds. The fraction of sp³-hybridized carbons (Fsp3) is 0. The summed E-state index contributed by atoms with van der Waals surface area (Å²) in [5, 5.41) is 10.4. The van der Waals surface area contributed by atoms with Gasteiger partial charge < -0.3 is 9.26 Å². The average molecular weight is 279 g/mol. The first-order valence-electron chi connectivity index (χ1n) is 3.05. The topological polar surface area (TPSA) is 81.2 Å². The third-order valence-electron chi connectivity index (χ3n) is 1.34. The monoisotopic (exact) mass is 279 g/mol. The molecular formula is C6H6IN3O2. The molecule has 0 aliphatic heterocycles. The van der Waals surface area contributed by atoms with Gasteiger partial charge in [0, 0.05) is 11.8 Å². The molecular weight excluding hydrogens is 273 g/mol. The number of nitrogen functional groups attached to an aromatic ring is 1. The van der Waals surface area contributed by atoms with Gasteiger partial charge in [0.05, 0.1) is 27.8 Å².